The molecule has 5 heteroatoms. The van der Waals surface area contributed by atoms with Crippen LogP contribution in [0.1, 0.15) is 36.8 Å². The van der Waals surface area contributed by atoms with Gasteiger partial charge in [0.25, 0.3) is 0 Å². The molecule has 1 heterocycles. The number of benzene rings is 1. The van der Waals surface area contributed by atoms with Crippen LogP contribution >= 0.6 is 11.6 Å². The second kappa shape index (κ2) is 7.04. The molecule has 23 heavy (non-hydrogen) atoms. The molecule has 0 unspecified atom stereocenters. The monoisotopic (exact) mass is 332 g/mol. The smallest absolute Gasteiger partial charge is 0.0602 e. The highest BCUT2D eigenvalue weighted by molar-refractivity contribution is 6.31. The lowest BCUT2D eigenvalue weighted by atomic mass is 9.72. The van der Waals surface area contributed by atoms with Gasteiger partial charge in [-0.3, -0.25) is 4.68 Å². The summed E-state index contributed by atoms with van der Waals surface area (Å²) in [6, 6.07) is 8.57. The van der Waals surface area contributed by atoms with Crippen LogP contribution in [0, 0.1) is 0 Å². The molecule has 2 atom stereocenters. The van der Waals surface area contributed by atoms with Gasteiger partial charge in [-0.15, -0.1) is 0 Å². The Labute approximate surface area is 143 Å². The Morgan fingerprint density at radius 3 is 2.87 bits per heavy atom. The molecule has 0 bridgehead atoms. The van der Waals surface area contributed by atoms with Gasteiger partial charge < -0.3 is 10.6 Å². The maximum absolute atomic E-state index is 6.53. The molecule has 1 aromatic carbocycles. The zero-order valence-electron chi connectivity index (χ0n) is 13.8. The first-order valence-corrected chi connectivity index (χ1v) is 8.68. The Morgan fingerprint density at radius 1 is 1.35 bits per heavy atom. The minimum absolute atomic E-state index is 0.112. The van der Waals surface area contributed by atoms with Crippen LogP contribution in [0.4, 0.5) is 0 Å². The van der Waals surface area contributed by atoms with Crippen LogP contribution in [0.2, 0.25) is 5.02 Å². The highest BCUT2D eigenvalue weighted by atomic mass is 35.5. The second-order valence-electron chi connectivity index (χ2n) is 6.40. The molecule has 2 aromatic rings. The van der Waals surface area contributed by atoms with E-state index in [4.69, 9.17) is 11.6 Å². The van der Waals surface area contributed by atoms with Gasteiger partial charge in [0.2, 0.25) is 0 Å². The van der Waals surface area contributed by atoms with E-state index in [-0.39, 0.29) is 5.54 Å². The average molecular weight is 333 g/mol. The quantitative estimate of drug-likeness (QED) is 0.883. The van der Waals surface area contributed by atoms with Crippen LogP contribution in [0.5, 0.6) is 0 Å². The molecule has 2 N–H and O–H groups in total. The normalized spacial score (nSPS) is 24.7. The van der Waals surface area contributed by atoms with Gasteiger partial charge in [0.15, 0.2) is 0 Å². The van der Waals surface area contributed by atoms with Crippen molar-refractivity contribution in [2.75, 3.05) is 7.05 Å². The molecule has 0 radical (unpaired) electrons. The number of hydrogen-bond donors (Lipinski definition) is 2. The Balaban J connectivity index is 1.85. The van der Waals surface area contributed by atoms with Crippen molar-refractivity contribution in [3.8, 4) is 0 Å². The van der Waals surface area contributed by atoms with Gasteiger partial charge in [-0.1, -0.05) is 42.6 Å². The zero-order valence-corrected chi connectivity index (χ0v) is 14.6. The van der Waals surface area contributed by atoms with Crippen LogP contribution in [-0.2, 0) is 19.1 Å². The molecule has 0 aliphatic heterocycles. The molecular weight excluding hydrogens is 308 g/mol. The third-order valence-corrected chi connectivity index (χ3v) is 5.35. The first kappa shape index (κ1) is 16.5. The first-order chi connectivity index (χ1) is 11.2. The zero-order chi connectivity index (χ0) is 16.3. The summed E-state index contributed by atoms with van der Waals surface area (Å²) in [4.78, 5) is 0. The highest BCUT2D eigenvalue weighted by Crippen LogP contribution is 2.40. The van der Waals surface area contributed by atoms with Crippen LogP contribution in [-0.4, -0.2) is 22.9 Å². The van der Waals surface area contributed by atoms with Crippen molar-refractivity contribution >= 4 is 11.6 Å². The van der Waals surface area contributed by atoms with E-state index in [1.54, 1.807) is 0 Å². The van der Waals surface area contributed by atoms with Gasteiger partial charge >= 0.3 is 0 Å². The Morgan fingerprint density at radius 2 is 2.17 bits per heavy atom. The minimum Gasteiger partial charge on any atom is -0.309 e. The summed E-state index contributed by atoms with van der Waals surface area (Å²) in [5.41, 5.74) is 2.30. The molecule has 3 rings (SSSR count). The summed E-state index contributed by atoms with van der Waals surface area (Å²) < 4.78 is 1.84. The summed E-state index contributed by atoms with van der Waals surface area (Å²) >= 11 is 6.53. The Kier molecular flexibility index (Phi) is 5.05. The third-order valence-electron chi connectivity index (χ3n) is 5.02. The van der Waals surface area contributed by atoms with Gasteiger partial charge in [-0.25, -0.2) is 0 Å². The fourth-order valence-electron chi connectivity index (χ4n) is 3.83. The van der Waals surface area contributed by atoms with Crippen LogP contribution in [0.15, 0.2) is 36.7 Å². The number of likely N-dealkylation sites (N-methyl/N-ethyl adjacent to an activating group) is 1. The standard InChI is InChI=1S/C18H25ClN4/c1-20-18(15-7-3-4-8-16(15)19)10-6-5-9-17(18)21-11-14-12-22-23(2)13-14/h3-4,7-8,12-13,17,20-21H,5-6,9-11H2,1-2H3/t17-,18+/m0/s1. The molecule has 1 aromatic heterocycles. The molecule has 0 saturated heterocycles. The molecule has 4 nitrogen and oxygen atoms in total. The van der Waals surface area contributed by atoms with E-state index < -0.39 is 0 Å². The third kappa shape index (κ3) is 3.30. The van der Waals surface area contributed by atoms with Crippen molar-refractivity contribution in [3.05, 3.63) is 52.8 Å². The number of rotatable bonds is 5. The summed E-state index contributed by atoms with van der Waals surface area (Å²) in [6.45, 7) is 0.826. The van der Waals surface area contributed by atoms with Crippen molar-refractivity contribution in [2.45, 2.75) is 43.8 Å². The lowest BCUT2D eigenvalue weighted by molar-refractivity contribution is 0.177. The lowest BCUT2D eigenvalue weighted by Gasteiger charge is -2.45. The van der Waals surface area contributed by atoms with Crippen molar-refractivity contribution in [1.82, 2.24) is 20.4 Å². The highest BCUT2D eigenvalue weighted by Gasteiger charge is 2.41. The molecule has 0 amide bonds. The van der Waals surface area contributed by atoms with Crippen molar-refractivity contribution < 1.29 is 0 Å². The fourth-order valence-corrected chi connectivity index (χ4v) is 4.14. The van der Waals surface area contributed by atoms with E-state index >= 15 is 0 Å². The first-order valence-electron chi connectivity index (χ1n) is 8.30. The van der Waals surface area contributed by atoms with E-state index in [2.05, 4.69) is 34.1 Å². The average Bonchev–Trinajstić information content (AvgIpc) is 2.99. The Bertz CT molecular complexity index is 654. The molecule has 1 aliphatic carbocycles. The van der Waals surface area contributed by atoms with Crippen LogP contribution in [0.3, 0.4) is 0 Å². The Hall–Kier alpha value is -1.36. The van der Waals surface area contributed by atoms with Gasteiger partial charge in [0, 0.05) is 36.4 Å². The number of hydrogen-bond acceptors (Lipinski definition) is 3. The van der Waals surface area contributed by atoms with Crippen molar-refractivity contribution in [2.24, 2.45) is 7.05 Å². The molecule has 1 fully saturated rings. The summed E-state index contributed by atoms with van der Waals surface area (Å²) in [7, 11) is 4.00. The van der Waals surface area contributed by atoms with Gasteiger partial charge in [-0.05, 0) is 31.5 Å². The number of nitrogens with one attached hydrogen (secondary N) is 2. The predicted octanol–water partition coefficient (Wildman–Crippen LogP) is 3.22. The van der Waals surface area contributed by atoms with Gasteiger partial charge in [0.1, 0.15) is 0 Å². The fraction of sp³-hybridized carbons (Fsp3) is 0.500. The van der Waals surface area contributed by atoms with Crippen molar-refractivity contribution in [3.63, 3.8) is 0 Å². The van der Waals surface area contributed by atoms with Gasteiger partial charge in [-0.2, -0.15) is 5.10 Å². The molecular formula is C18H25ClN4. The van der Waals surface area contributed by atoms with E-state index in [0.29, 0.717) is 6.04 Å². The van der Waals surface area contributed by atoms with E-state index in [9.17, 15) is 0 Å². The van der Waals surface area contributed by atoms with Crippen molar-refractivity contribution in [1.29, 1.82) is 0 Å². The minimum atomic E-state index is -0.112. The van der Waals surface area contributed by atoms with Gasteiger partial charge in [0.05, 0.1) is 11.7 Å². The SMILES string of the molecule is CN[C@@]1(c2ccccc2Cl)CCCC[C@@H]1NCc1cnn(C)c1. The number of nitrogens with zero attached hydrogens (tertiary/aromatic N) is 2. The molecule has 0 spiro atoms. The predicted molar refractivity (Wildman–Crippen MR) is 94.5 cm³/mol. The number of halogens is 1. The largest absolute Gasteiger partial charge is 0.309 e. The second-order valence-corrected chi connectivity index (χ2v) is 6.81. The molecule has 1 aliphatic rings. The van der Waals surface area contributed by atoms with E-state index in [1.165, 1.54) is 24.0 Å². The maximum atomic E-state index is 6.53. The maximum Gasteiger partial charge on any atom is 0.0602 e. The lowest BCUT2D eigenvalue weighted by Crippen LogP contribution is -2.57. The summed E-state index contributed by atoms with van der Waals surface area (Å²) in [5.74, 6) is 0. The summed E-state index contributed by atoms with van der Waals surface area (Å²) in [6.07, 6.45) is 8.69. The molecule has 1 saturated carbocycles. The number of aromatic nitrogens is 2. The van der Waals surface area contributed by atoms with Crippen LogP contribution < -0.4 is 10.6 Å². The topological polar surface area (TPSA) is 41.9 Å². The summed E-state index contributed by atoms with van der Waals surface area (Å²) in [5, 5.41) is 12.4. The molecule has 124 valence electrons. The van der Waals surface area contributed by atoms with Crippen LogP contribution in [0.25, 0.3) is 0 Å². The van der Waals surface area contributed by atoms with E-state index in [1.807, 2.05) is 37.1 Å². The van der Waals surface area contributed by atoms with E-state index in [0.717, 1.165) is 24.4 Å². The number of aryl methyl sites for hydroxylation is 1.